The number of aliphatic hydroxyl groups is 1. The Labute approximate surface area is 138 Å². The van der Waals surface area contributed by atoms with Crippen LogP contribution in [-0.4, -0.2) is 80.6 Å². The van der Waals surface area contributed by atoms with Crippen molar-refractivity contribution in [3.05, 3.63) is 29.8 Å². The maximum atomic E-state index is 10.4. The lowest BCUT2D eigenvalue weighted by molar-refractivity contribution is 0.00847. The molecule has 1 aromatic carbocycles. The van der Waals surface area contributed by atoms with E-state index in [1.165, 1.54) is 5.56 Å². The zero-order valence-electron chi connectivity index (χ0n) is 14.0. The van der Waals surface area contributed by atoms with Crippen molar-refractivity contribution >= 4 is 0 Å². The van der Waals surface area contributed by atoms with Gasteiger partial charge in [-0.1, -0.05) is 18.2 Å². The van der Waals surface area contributed by atoms with Gasteiger partial charge in [0, 0.05) is 38.6 Å². The number of hydrogen-bond acceptors (Lipinski definition) is 5. The summed E-state index contributed by atoms with van der Waals surface area (Å²) >= 11 is 0. The molecule has 0 aliphatic carbocycles. The van der Waals surface area contributed by atoms with Crippen molar-refractivity contribution in [1.82, 2.24) is 9.80 Å². The van der Waals surface area contributed by atoms with E-state index in [2.05, 4.69) is 21.9 Å². The summed E-state index contributed by atoms with van der Waals surface area (Å²) in [5.41, 5.74) is 1.29. The third kappa shape index (κ3) is 4.44. The molecule has 2 saturated heterocycles. The lowest BCUT2D eigenvalue weighted by atomic mass is 9.97. The molecule has 5 heteroatoms. The normalized spacial score (nSPS) is 24.7. The van der Waals surface area contributed by atoms with Crippen LogP contribution >= 0.6 is 0 Å². The molecule has 1 aromatic rings. The average Bonchev–Trinajstić information content (AvgIpc) is 3.03. The third-order valence-electron chi connectivity index (χ3n) is 4.89. The van der Waals surface area contributed by atoms with Crippen LogP contribution in [-0.2, 0) is 4.74 Å². The van der Waals surface area contributed by atoms with E-state index in [1.54, 1.807) is 7.11 Å². The SMILES string of the molecule is COc1ccccc1C1CCN(CC(O)CN2CCOCC2)C1. The van der Waals surface area contributed by atoms with Crippen molar-refractivity contribution in [2.24, 2.45) is 0 Å². The second-order valence-corrected chi connectivity index (χ2v) is 6.55. The number of morpholine rings is 1. The summed E-state index contributed by atoms with van der Waals surface area (Å²) in [4.78, 5) is 4.67. The van der Waals surface area contributed by atoms with Crippen molar-refractivity contribution in [2.45, 2.75) is 18.4 Å². The molecular weight excluding hydrogens is 292 g/mol. The first-order valence-corrected chi connectivity index (χ1v) is 8.59. The molecule has 128 valence electrons. The van der Waals surface area contributed by atoms with Gasteiger partial charge in [0.25, 0.3) is 0 Å². The summed E-state index contributed by atoms with van der Waals surface area (Å²) in [6, 6.07) is 8.29. The lowest BCUT2D eigenvalue weighted by Crippen LogP contribution is -2.44. The number of β-amino-alcohol motifs (C(OH)–C–C–N with tert-alkyl or cyclic N) is 1. The molecule has 3 rings (SSSR count). The molecule has 2 aliphatic heterocycles. The molecule has 0 spiro atoms. The maximum Gasteiger partial charge on any atom is 0.122 e. The van der Waals surface area contributed by atoms with Gasteiger partial charge in [0.1, 0.15) is 5.75 Å². The molecule has 2 unspecified atom stereocenters. The second kappa shape index (κ2) is 8.11. The largest absolute Gasteiger partial charge is 0.496 e. The molecule has 5 nitrogen and oxygen atoms in total. The highest BCUT2D eigenvalue weighted by Gasteiger charge is 2.27. The minimum Gasteiger partial charge on any atom is -0.496 e. The molecule has 2 fully saturated rings. The van der Waals surface area contributed by atoms with Crippen LogP contribution in [0.25, 0.3) is 0 Å². The summed E-state index contributed by atoms with van der Waals surface area (Å²) in [5.74, 6) is 1.48. The minimum absolute atomic E-state index is 0.287. The van der Waals surface area contributed by atoms with Crippen molar-refractivity contribution in [2.75, 3.05) is 59.6 Å². The van der Waals surface area contributed by atoms with Gasteiger partial charge >= 0.3 is 0 Å². The van der Waals surface area contributed by atoms with Gasteiger partial charge in [-0.25, -0.2) is 0 Å². The molecule has 0 amide bonds. The van der Waals surface area contributed by atoms with E-state index < -0.39 is 0 Å². The van der Waals surface area contributed by atoms with Gasteiger partial charge in [-0.2, -0.15) is 0 Å². The van der Waals surface area contributed by atoms with E-state index >= 15 is 0 Å². The number of likely N-dealkylation sites (tertiary alicyclic amines) is 1. The Morgan fingerprint density at radius 3 is 2.70 bits per heavy atom. The summed E-state index contributed by atoms with van der Waals surface area (Å²) in [7, 11) is 1.73. The maximum absolute atomic E-state index is 10.4. The van der Waals surface area contributed by atoms with Gasteiger partial charge in [0.15, 0.2) is 0 Å². The number of benzene rings is 1. The number of ether oxygens (including phenoxy) is 2. The Bertz CT molecular complexity index is 491. The summed E-state index contributed by atoms with van der Waals surface area (Å²) in [5, 5.41) is 10.4. The highest BCUT2D eigenvalue weighted by Crippen LogP contribution is 2.33. The molecule has 2 aliphatic rings. The van der Waals surface area contributed by atoms with Crippen molar-refractivity contribution in [3.63, 3.8) is 0 Å². The Balaban J connectivity index is 1.49. The Morgan fingerprint density at radius 1 is 1.17 bits per heavy atom. The number of aliphatic hydroxyl groups excluding tert-OH is 1. The van der Waals surface area contributed by atoms with E-state index in [-0.39, 0.29) is 6.10 Å². The monoisotopic (exact) mass is 320 g/mol. The zero-order chi connectivity index (χ0) is 16.1. The highest BCUT2D eigenvalue weighted by atomic mass is 16.5. The predicted molar refractivity (Wildman–Crippen MR) is 90.1 cm³/mol. The van der Waals surface area contributed by atoms with Gasteiger partial charge in [-0.05, 0) is 24.6 Å². The fourth-order valence-electron chi connectivity index (χ4n) is 3.69. The highest BCUT2D eigenvalue weighted by molar-refractivity contribution is 5.37. The number of methoxy groups -OCH3 is 1. The van der Waals surface area contributed by atoms with Crippen molar-refractivity contribution < 1.29 is 14.6 Å². The third-order valence-corrected chi connectivity index (χ3v) is 4.89. The Morgan fingerprint density at radius 2 is 1.91 bits per heavy atom. The van der Waals surface area contributed by atoms with Gasteiger partial charge in [0.05, 0.1) is 26.4 Å². The number of nitrogens with zero attached hydrogens (tertiary/aromatic N) is 2. The second-order valence-electron chi connectivity index (χ2n) is 6.55. The van der Waals surface area contributed by atoms with Crippen molar-refractivity contribution in [3.8, 4) is 5.75 Å². The fraction of sp³-hybridized carbons (Fsp3) is 0.667. The van der Waals surface area contributed by atoms with Crippen LogP contribution in [0.3, 0.4) is 0 Å². The zero-order valence-corrected chi connectivity index (χ0v) is 14.0. The van der Waals surface area contributed by atoms with Crippen LogP contribution < -0.4 is 4.74 Å². The van der Waals surface area contributed by atoms with Crippen LogP contribution in [0.5, 0.6) is 5.75 Å². The van der Waals surface area contributed by atoms with Gasteiger partial charge in [0.2, 0.25) is 0 Å². The van der Waals surface area contributed by atoms with Gasteiger partial charge < -0.3 is 19.5 Å². The molecular formula is C18H28N2O3. The van der Waals surface area contributed by atoms with Crippen LogP contribution in [0.1, 0.15) is 17.9 Å². The van der Waals surface area contributed by atoms with Crippen molar-refractivity contribution in [1.29, 1.82) is 0 Å². The van der Waals surface area contributed by atoms with Crippen LogP contribution in [0.2, 0.25) is 0 Å². The molecule has 0 radical (unpaired) electrons. The first kappa shape index (κ1) is 16.7. The molecule has 23 heavy (non-hydrogen) atoms. The van der Waals surface area contributed by atoms with Crippen LogP contribution in [0.15, 0.2) is 24.3 Å². The smallest absolute Gasteiger partial charge is 0.122 e. The van der Waals surface area contributed by atoms with Crippen LogP contribution in [0, 0.1) is 0 Å². The molecule has 0 saturated carbocycles. The number of hydrogen-bond donors (Lipinski definition) is 1. The minimum atomic E-state index is -0.287. The molecule has 2 atom stereocenters. The number of para-hydroxylation sites is 1. The molecule has 0 aromatic heterocycles. The standard InChI is InChI=1S/C18H28N2O3/c1-22-18-5-3-2-4-17(18)15-6-7-20(12-15)14-16(21)13-19-8-10-23-11-9-19/h2-5,15-16,21H,6-14H2,1H3. The summed E-state index contributed by atoms with van der Waals surface area (Å²) < 4.78 is 10.8. The van der Waals surface area contributed by atoms with E-state index in [0.717, 1.165) is 64.7 Å². The van der Waals surface area contributed by atoms with Crippen LogP contribution in [0.4, 0.5) is 0 Å². The summed E-state index contributed by atoms with van der Waals surface area (Å²) in [6.45, 7) is 6.98. The Hall–Kier alpha value is -1.14. The first-order chi connectivity index (χ1) is 11.3. The van der Waals surface area contributed by atoms with E-state index in [9.17, 15) is 5.11 Å². The molecule has 0 bridgehead atoms. The quantitative estimate of drug-likeness (QED) is 0.853. The Kier molecular flexibility index (Phi) is 5.89. The predicted octanol–water partition coefficient (Wildman–Crippen LogP) is 1.18. The molecule has 1 N–H and O–H groups in total. The first-order valence-electron chi connectivity index (χ1n) is 8.59. The number of rotatable bonds is 6. The summed E-state index contributed by atoms with van der Waals surface area (Å²) in [6.07, 6.45) is 0.842. The van der Waals surface area contributed by atoms with E-state index in [4.69, 9.17) is 9.47 Å². The van der Waals surface area contributed by atoms with E-state index in [1.807, 2.05) is 12.1 Å². The average molecular weight is 320 g/mol. The van der Waals surface area contributed by atoms with Gasteiger partial charge in [-0.15, -0.1) is 0 Å². The topological polar surface area (TPSA) is 45.2 Å². The van der Waals surface area contributed by atoms with E-state index in [0.29, 0.717) is 5.92 Å². The molecule has 2 heterocycles. The lowest BCUT2D eigenvalue weighted by Gasteiger charge is -2.30. The fourth-order valence-corrected chi connectivity index (χ4v) is 3.69. The van der Waals surface area contributed by atoms with Gasteiger partial charge in [-0.3, -0.25) is 4.90 Å².